The van der Waals surface area contributed by atoms with E-state index >= 15 is 0 Å². The topological polar surface area (TPSA) is 95.1 Å². The van der Waals surface area contributed by atoms with Crippen molar-refractivity contribution in [3.63, 3.8) is 0 Å². The fourth-order valence-electron chi connectivity index (χ4n) is 1.30. The monoisotopic (exact) mass is 225 g/mol. The highest BCUT2D eigenvalue weighted by Crippen LogP contribution is 2.12. The predicted molar refractivity (Wildman–Crippen MR) is 59.4 cm³/mol. The van der Waals surface area contributed by atoms with E-state index in [1.807, 2.05) is 13.8 Å². The minimum Gasteiger partial charge on any atom is -0.480 e. The van der Waals surface area contributed by atoms with Gasteiger partial charge in [-0.15, -0.1) is 0 Å². The zero-order valence-electron chi connectivity index (χ0n) is 9.23. The molecule has 6 heteroatoms. The number of carbonyl (C=O) groups is 1. The van der Waals surface area contributed by atoms with Gasteiger partial charge in [0.1, 0.15) is 11.9 Å². The standard InChI is InChI=1S/C10H15N3O3/c1-3-6(2)8(9(14)15)12-7-4-5-11-10(16)13-7/h4-6,8H,3H2,1-2H3,(H,14,15)(H2,11,12,13,16). The van der Waals surface area contributed by atoms with Gasteiger partial charge in [-0.25, -0.2) is 14.6 Å². The van der Waals surface area contributed by atoms with Crippen molar-refractivity contribution in [1.29, 1.82) is 0 Å². The van der Waals surface area contributed by atoms with Gasteiger partial charge in [-0.3, -0.25) is 4.98 Å². The van der Waals surface area contributed by atoms with Crippen LogP contribution in [0, 0.1) is 5.92 Å². The number of nitrogens with one attached hydrogen (secondary N) is 2. The summed E-state index contributed by atoms with van der Waals surface area (Å²) in [5.41, 5.74) is -0.502. The van der Waals surface area contributed by atoms with E-state index in [0.717, 1.165) is 6.42 Å². The van der Waals surface area contributed by atoms with Gasteiger partial charge in [-0.05, 0) is 12.0 Å². The molecule has 0 saturated heterocycles. The summed E-state index contributed by atoms with van der Waals surface area (Å²) in [5.74, 6) is -0.603. The molecule has 0 aromatic carbocycles. The van der Waals surface area contributed by atoms with Crippen molar-refractivity contribution in [3.8, 4) is 0 Å². The molecule has 1 aromatic rings. The number of hydrogen-bond donors (Lipinski definition) is 3. The summed E-state index contributed by atoms with van der Waals surface area (Å²) >= 11 is 0. The number of carboxylic acid groups (broad SMARTS) is 1. The number of aromatic nitrogens is 2. The number of H-pyrrole nitrogens is 1. The summed E-state index contributed by atoms with van der Waals surface area (Å²) in [6, 6.07) is 0.808. The van der Waals surface area contributed by atoms with E-state index in [2.05, 4.69) is 15.3 Å². The molecule has 1 aromatic heterocycles. The van der Waals surface area contributed by atoms with E-state index in [9.17, 15) is 9.59 Å². The maximum absolute atomic E-state index is 11.0. The highest BCUT2D eigenvalue weighted by Gasteiger charge is 2.23. The second-order valence-corrected chi connectivity index (χ2v) is 3.63. The molecule has 0 fully saturated rings. The van der Waals surface area contributed by atoms with E-state index in [4.69, 9.17) is 5.11 Å². The first kappa shape index (κ1) is 12.2. The molecule has 0 spiro atoms. The molecule has 0 saturated carbocycles. The number of aliphatic carboxylic acids is 1. The summed E-state index contributed by atoms with van der Waals surface area (Å²) < 4.78 is 0. The van der Waals surface area contributed by atoms with Crippen LogP contribution in [0.25, 0.3) is 0 Å². The zero-order valence-corrected chi connectivity index (χ0v) is 9.23. The minimum atomic E-state index is -0.938. The Balaban J connectivity index is 2.83. The first-order valence-electron chi connectivity index (χ1n) is 5.09. The molecule has 1 heterocycles. The normalized spacial score (nSPS) is 14.1. The lowest BCUT2D eigenvalue weighted by atomic mass is 9.99. The Morgan fingerprint density at radius 3 is 2.88 bits per heavy atom. The van der Waals surface area contributed by atoms with Crippen LogP contribution in [0.1, 0.15) is 20.3 Å². The Labute approximate surface area is 92.7 Å². The molecular weight excluding hydrogens is 210 g/mol. The summed E-state index contributed by atoms with van der Waals surface area (Å²) in [4.78, 5) is 27.8. The summed E-state index contributed by atoms with van der Waals surface area (Å²) in [5, 5.41) is 11.8. The molecular formula is C10H15N3O3. The maximum Gasteiger partial charge on any atom is 0.346 e. The van der Waals surface area contributed by atoms with Crippen molar-refractivity contribution in [2.75, 3.05) is 5.32 Å². The van der Waals surface area contributed by atoms with E-state index in [0.29, 0.717) is 5.82 Å². The van der Waals surface area contributed by atoms with Crippen molar-refractivity contribution in [2.45, 2.75) is 26.3 Å². The first-order valence-corrected chi connectivity index (χ1v) is 5.09. The summed E-state index contributed by atoms with van der Waals surface area (Å²) in [6.07, 6.45) is 2.07. The molecule has 0 radical (unpaired) electrons. The third kappa shape index (κ3) is 3.08. The van der Waals surface area contributed by atoms with Crippen LogP contribution in [0.2, 0.25) is 0 Å². The van der Waals surface area contributed by atoms with Crippen LogP contribution in [0.15, 0.2) is 17.1 Å². The van der Waals surface area contributed by atoms with Gasteiger partial charge in [0.2, 0.25) is 0 Å². The Bertz CT molecular complexity index is 416. The van der Waals surface area contributed by atoms with Crippen molar-refractivity contribution in [2.24, 2.45) is 5.92 Å². The van der Waals surface area contributed by atoms with Crippen molar-refractivity contribution in [3.05, 3.63) is 22.7 Å². The van der Waals surface area contributed by atoms with Crippen molar-refractivity contribution < 1.29 is 9.90 Å². The molecule has 0 amide bonds. The van der Waals surface area contributed by atoms with Gasteiger partial charge in [0.05, 0.1) is 0 Å². The minimum absolute atomic E-state index is 0.0332. The molecule has 0 aliphatic heterocycles. The zero-order chi connectivity index (χ0) is 12.1. The number of carboxylic acids is 1. The van der Waals surface area contributed by atoms with E-state index in [-0.39, 0.29) is 5.92 Å². The van der Waals surface area contributed by atoms with Crippen LogP contribution in [0.4, 0.5) is 5.82 Å². The van der Waals surface area contributed by atoms with Crippen LogP contribution in [0.3, 0.4) is 0 Å². The Hall–Kier alpha value is -1.85. The molecule has 1 rings (SSSR count). The van der Waals surface area contributed by atoms with E-state index in [1.54, 1.807) is 0 Å². The molecule has 2 atom stereocenters. The van der Waals surface area contributed by atoms with Gasteiger partial charge in [0.25, 0.3) is 0 Å². The van der Waals surface area contributed by atoms with E-state index in [1.165, 1.54) is 12.3 Å². The van der Waals surface area contributed by atoms with Crippen LogP contribution in [0.5, 0.6) is 0 Å². The largest absolute Gasteiger partial charge is 0.480 e. The van der Waals surface area contributed by atoms with Gasteiger partial charge in [-0.2, -0.15) is 0 Å². The van der Waals surface area contributed by atoms with Crippen LogP contribution in [-0.2, 0) is 4.79 Å². The third-order valence-electron chi connectivity index (χ3n) is 2.46. The lowest BCUT2D eigenvalue weighted by molar-refractivity contribution is -0.139. The number of hydrogen-bond acceptors (Lipinski definition) is 4. The SMILES string of the molecule is CCC(C)C(Nc1ccnc(=O)[nH]1)C(=O)O. The number of rotatable bonds is 5. The van der Waals surface area contributed by atoms with Crippen LogP contribution < -0.4 is 11.0 Å². The van der Waals surface area contributed by atoms with E-state index < -0.39 is 17.7 Å². The molecule has 0 aliphatic carbocycles. The van der Waals surface area contributed by atoms with Gasteiger partial charge in [-0.1, -0.05) is 20.3 Å². The Morgan fingerprint density at radius 1 is 1.69 bits per heavy atom. The fourth-order valence-corrected chi connectivity index (χ4v) is 1.30. The average Bonchev–Trinajstić information content (AvgIpc) is 2.24. The molecule has 88 valence electrons. The molecule has 3 N–H and O–H groups in total. The molecule has 2 unspecified atom stereocenters. The summed E-state index contributed by atoms with van der Waals surface area (Å²) in [7, 11) is 0. The number of aromatic amines is 1. The molecule has 6 nitrogen and oxygen atoms in total. The first-order chi connectivity index (χ1) is 7.54. The molecule has 0 bridgehead atoms. The van der Waals surface area contributed by atoms with Crippen LogP contribution >= 0.6 is 0 Å². The summed E-state index contributed by atoms with van der Waals surface area (Å²) in [6.45, 7) is 3.75. The van der Waals surface area contributed by atoms with Crippen molar-refractivity contribution >= 4 is 11.8 Å². The maximum atomic E-state index is 11.0. The Morgan fingerprint density at radius 2 is 2.38 bits per heavy atom. The van der Waals surface area contributed by atoms with Crippen LogP contribution in [-0.4, -0.2) is 27.1 Å². The number of nitrogens with zero attached hydrogens (tertiary/aromatic N) is 1. The molecule has 16 heavy (non-hydrogen) atoms. The quantitative estimate of drug-likeness (QED) is 0.685. The van der Waals surface area contributed by atoms with Gasteiger partial charge >= 0.3 is 11.7 Å². The Kier molecular flexibility index (Phi) is 4.04. The molecule has 0 aliphatic rings. The third-order valence-corrected chi connectivity index (χ3v) is 2.46. The fraction of sp³-hybridized carbons (Fsp3) is 0.500. The predicted octanol–water partition coefficient (Wildman–Crippen LogP) is 0.681. The van der Waals surface area contributed by atoms with Gasteiger partial charge in [0.15, 0.2) is 0 Å². The number of anilines is 1. The van der Waals surface area contributed by atoms with Gasteiger partial charge < -0.3 is 10.4 Å². The second kappa shape index (κ2) is 5.29. The van der Waals surface area contributed by atoms with Crippen molar-refractivity contribution in [1.82, 2.24) is 9.97 Å². The second-order valence-electron chi connectivity index (χ2n) is 3.63. The smallest absolute Gasteiger partial charge is 0.346 e. The highest BCUT2D eigenvalue weighted by atomic mass is 16.4. The van der Waals surface area contributed by atoms with Gasteiger partial charge in [0, 0.05) is 6.20 Å². The lowest BCUT2D eigenvalue weighted by Gasteiger charge is -2.20. The highest BCUT2D eigenvalue weighted by molar-refractivity contribution is 5.77. The average molecular weight is 225 g/mol. The lowest BCUT2D eigenvalue weighted by Crippen LogP contribution is -2.36.